The number of aryl methyl sites for hydroxylation is 3. The first kappa shape index (κ1) is 20.5. The van der Waals surface area contributed by atoms with Crippen molar-refractivity contribution < 1.29 is 13.2 Å². The van der Waals surface area contributed by atoms with Gasteiger partial charge in [-0.25, -0.2) is 5.14 Å². The molecule has 1 aromatic carbocycles. The van der Waals surface area contributed by atoms with Crippen molar-refractivity contribution in [3.8, 4) is 0 Å². The molecule has 0 bridgehead atoms. The molecule has 1 aliphatic rings. The topological polar surface area (TPSA) is 109 Å². The standard InChI is InChI=1S/C19H27N5O3S/c1-13-9-16-17(10-14(13)2)21-11-15(3)19(16)24-6-4-5-23(7-8-24)18(25)12-22-28(20,26)27/h9-11,22H,4-8,12H2,1-3H3,(H2,20,26,27). The quantitative estimate of drug-likeness (QED) is 0.789. The number of aromatic nitrogens is 1. The first-order valence-corrected chi connectivity index (χ1v) is 10.9. The molecule has 1 aliphatic heterocycles. The zero-order valence-electron chi connectivity index (χ0n) is 16.5. The van der Waals surface area contributed by atoms with Crippen molar-refractivity contribution in [2.75, 3.05) is 37.6 Å². The summed E-state index contributed by atoms with van der Waals surface area (Å²) in [5.74, 6) is -0.265. The van der Waals surface area contributed by atoms with Crippen molar-refractivity contribution in [1.29, 1.82) is 0 Å². The lowest BCUT2D eigenvalue weighted by Crippen LogP contribution is -2.43. The van der Waals surface area contributed by atoms with Crippen LogP contribution in [0.2, 0.25) is 0 Å². The highest BCUT2D eigenvalue weighted by atomic mass is 32.2. The third-order valence-electron chi connectivity index (χ3n) is 5.23. The molecule has 1 amide bonds. The van der Waals surface area contributed by atoms with Gasteiger partial charge in [-0.3, -0.25) is 9.78 Å². The maximum Gasteiger partial charge on any atom is 0.274 e. The van der Waals surface area contributed by atoms with Crippen LogP contribution in [0, 0.1) is 20.8 Å². The minimum absolute atomic E-state index is 0.265. The van der Waals surface area contributed by atoms with Crippen molar-refractivity contribution in [2.45, 2.75) is 27.2 Å². The van der Waals surface area contributed by atoms with E-state index in [1.54, 1.807) is 4.90 Å². The van der Waals surface area contributed by atoms with E-state index in [-0.39, 0.29) is 12.5 Å². The second kappa shape index (κ2) is 8.02. The molecule has 3 N–H and O–H groups in total. The summed E-state index contributed by atoms with van der Waals surface area (Å²) >= 11 is 0. The lowest BCUT2D eigenvalue weighted by Gasteiger charge is -2.27. The average Bonchev–Trinajstić information content (AvgIpc) is 2.86. The molecule has 152 valence electrons. The first-order chi connectivity index (χ1) is 13.2. The minimum Gasteiger partial charge on any atom is -0.369 e. The Balaban J connectivity index is 1.82. The zero-order chi connectivity index (χ0) is 20.5. The molecule has 0 unspecified atom stereocenters. The van der Waals surface area contributed by atoms with Crippen molar-refractivity contribution in [3.63, 3.8) is 0 Å². The zero-order valence-corrected chi connectivity index (χ0v) is 17.3. The lowest BCUT2D eigenvalue weighted by atomic mass is 10.0. The molecule has 0 spiro atoms. The summed E-state index contributed by atoms with van der Waals surface area (Å²) in [7, 11) is -3.87. The van der Waals surface area contributed by atoms with Crippen molar-refractivity contribution in [3.05, 3.63) is 35.0 Å². The Hall–Kier alpha value is -2.23. The molecule has 2 aromatic rings. The highest BCUT2D eigenvalue weighted by Crippen LogP contribution is 2.31. The van der Waals surface area contributed by atoms with E-state index >= 15 is 0 Å². The fourth-order valence-electron chi connectivity index (χ4n) is 3.62. The Labute approximate surface area is 165 Å². The van der Waals surface area contributed by atoms with Gasteiger partial charge in [0, 0.05) is 37.8 Å². The van der Waals surface area contributed by atoms with Gasteiger partial charge in [0.15, 0.2) is 0 Å². The number of nitrogens with zero attached hydrogens (tertiary/aromatic N) is 3. The normalized spacial score (nSPS) is 15.7. The van der Waals surface area contributed by atoms with E-state index in [9.17, 15) is 13.2 Å². The molecule has 1 fully saturated rings. The maximum absolute atomic E-state index is 12.3. The van der Waals surface area contributed by atoms with Gasteiger partial charge in [-0.05, 0) is 56.0 Å². The molecular weight excluding hydrogens is 378 g/mol. The van der Waals surface area contributed by atoms with E-state index in [0.717, 1.165) is 35.1 Å². The van der Waals surface area contributed by atoms with Crippen LogP contribution >= 0.6 is 0 Å². The lowest BCUT2D eigenvalue weighted by molar-refractivity contribution is -0.129. The number of rotatable bonds is 4. The molecule has 8 nitrogen and oxygen atoms in total. The molecule has 1 aromatic heterocycles. The van der Waals surface area contributed by atoms with Crippen LogP contribution in [0.5, 0.6) is 0 Å². The molecule has 0 aliphatic carbocycles. The fourth-order valence-corrected chi connectivity index (χ4v) is 3.95. The van der Waals surface area contributed by atoms with Crippen LogP contribution in [0.15, 0.2) is 18.3 Å². The molecule has 1 saturated heterocycles. The Morgan fingerprint density at radius 1 is 1.11 bits per heavy atom. The van der Waals surface area contributed by atoms with Crippen LogP contribution < -0.4 is 14.8 Å². The van der Waals surface area contributed by atoms with Gasteiger partial charge in [0.05, 0.1) is 17.7 Å². The van der Waals surface area contributed by atoms with Gasteiger partial charge >= 0.3 is 0 Å². The van der Waals surface area contributed by atoms with Gasteiger partial charge < -0.3 is 9.80 Å². The van der Waals surface area contributed by atoms with Gasteiger partial charge in [0.25, 0.3) is 10.2 Å². The number of anilines is 1. The molecule has 9 heteroatoms. The number of carbonyl (C=O) groups is 1. The summed E-state index contributed by atoms with van der Waals surface area (Å²) in [6, 6.07) is 4.30. The Morgan fingerprint density at radius 2 is 1.82 bits per heavy atom. The van der Waals surface area contributed by atoms with E-state index in [4.69, 9.17) is 5.14 Å². The van der Waals surface area contributed by atoms with Crippen LogP contribution in [-0.2, 0) is 15.0 Å². The largest absolute Gasteiger partial charge is 0.369 e. The number of carbonyl (C=O) groups excluding carboxylic acids is 1. The minimum atomic E-state index is -3.87. The number of benzene rings is 1. The van der Waals surface area contributed by atoms with Crippen LogP contribution in [0.25, 0.3) is 10.9 Å². The summed E-state index contributed by atoms with van der Waals surface area (Å²) < 4.78 is 24.1. The number of pyridine rings is 1. The molecule has 0 atom stereocenters. The number of nitrogens with two attached hydrogens (primary N) is 1. The molecule has 2 heterocycles. The van der Waals surface area contributed by atoms with Crippen molar-refractivity contribution >= 4 is 32.7 Å². The number of nitrogens with one attached hydrogen (secondary N) is 1. The predicted molar refractivity (Wildman–Crippen MR) is 110 cm³/mol. The average molecular weight is 406 g/mol. The smallest absolute Gasteiger partial charge is 0.274 e. The second-order valence-corrected chi connectivity index (χ2v) is 8.71. The van der Waals surface area contributed by atoms with Crippen molar-refractivity contribution in [1.82, 2.24) is 14.6 Å². The Bertz CT molecular complexity index is 1010. The van der Waals surface area contributed by atoms with Crippen LogP contribution in [0.1, 0.15) is 23.1 Å². The van der Waals surface area contributed by atoms with Gasteiger partial charge in [0.2, 0.25) is 5.91 Å². The van der Waals surface area contributed by atoms with Crippen molar-refractivity contribution in [2.24, 2.45) is 5.14 Å². The number of hydrogen-bond donors (Lipinski definition) is 2. The highest BCUT2D eigenvalue weighted by Gasteiger charge is 2.22. The summed E-state index contributed by atoms with van der Waals surface area (Å²) in [5, 5.41) is 6.03. The molecule has 3 rings (SSSR count). The van der Waals surface area contributed by atoms with Crippen LogP contribution in [0.4, 0.5) is 5.69 Å². The number of amides is 1. The van der Waals surface area contributed by atoms with E-state index in [0.29, 0.717) is 19.6 Å². The summed E-state index contributed by atoms with van der Waals surface area (Å²) in [5.41, 5.74) is 5.67. The third kappa shape index (κ3) is 4.60. The highest BCUT2D eigenvalue weighted by molar-refractivity contribution is 7.87. The third-order valence-corrected chi connectivity index (χ3v) is 5.77. The fraction of sp³-hybridized carbons (Fsp3) is 0.474. The van der Waals surface area contributed by atoms with E-state index in [1.165, 1.54) is 11.1 Å². The van der Waals surface area contributed by atoms with Gasteiger partial charge in [-0.2, -0.15) is 13.1 Å². The summed E-state index contributed by atoms with van der Waals surface area (Å²) in [6.07, 6.45) is 2.70. The molecule has 0 saturated carbocycles. The predicted octanol–water partition coefficient (Wildman–Crippen LogP) is 0.992. The van der Waals surface area contributed by atoms with E-state index < -0.39 is 10.2 Å². The second-order valence-electron chi connectivity index (χ2n) is 7.33. The van der Waals surface area contributed by atoms with Crippen LogP contribution in [-0.4, -0.2) is 56.9 Å². The van der Waals surface area contributed by atoms with E-state index in [2.05, 4.69) is 47.5 Å². The number of hydrogen-bond acceptors (Lipinski definition) is 5. The Morgan fingerprint density at radius 3 is 2.54 bits per heavy atom. The summed E-state index contributed by atoms with van der Waals surface area (Å²) in [4.78, 5) is 20.9. The monoisotopic (exact) mass is 405 g/mol. The maximum atomic E-state index is 12.3. The molecular formula is C19H27N5O3S. The van der Waals surface area contributed by atoms with Crippen LogP contribution in [0.3, 0.4) is 0 Å². The van der Waals surface area contributed by atoms with Gasteiger partial charge in [0.1, 0.15) is 0 Å². The number of fused-ring (bicyclic) bond motifs is 1. The SMILES string of the molecule is Cc1cc2ncc(C)c(N3CCCN(C(=O)CNS(N)(=O)=O)CC3)c2cc1C. The van der Waals surface area contributed by atoms with Gasteiger partial charge in [-0.1, -0.05) is 0 Å². The Kier molecular flexibility index (Phi) is 5.87. The van der Waals surface area contributed by atoms with Gasteiger partial charge in [-0.15, -0.1) is 0 Å². The molecule has 28 heavy (non-hydrogen) atoms. The first-order valence-electron chi connectivity index (χ1n) is 9.32. The van der Waals surface area contributed by atoms with E-state index in [1.807, 2.05) is 6.20 Å². The molecule has 0 radical (unpaired) electrons. The summed E-state index contributed by atoms with van der Waals surface area (Å²) in [6.45, 7) is 8.53.